The smallest absolute Gasteiger partial charge is 0.252 e. The quantitative estimate of drug-likeness (QED) is 0.860. The second kappa shape index (κ2) is 5.87. The zero-order chi connectivity index (χ0) is 13.8. The highest BCUT2D eigenvalue weighted by Gasteiger charge is 2.03. The molecule has 0 saturated heterocycles. The van der Waals surface area contributed by atoms with Crippen LogP contribution in [0.2, 0.25) is 0 Å². The summed E-state index contributed by atoms with van der Waals surface area (Å²) in [6.45, 7) is 0. The van der Waals surface area contributed by atoms with Gasteiger partial charge in [0.1, 0.15) is 0 Å². The molecular weight excluding hydrogens is 285 g/mol. The molecule has 0 heterocycles. The van der Waals surface area contributed by atoms with E-state index in [0.717, 1.165) is 11.4 Å². The first-order valence-corrected chi connectivity index (χ1v) is 6.18. The third-order valence-electron chi connectivity index (χ3n) is 2.51. The molecule has 0 aliphatic rings. The van der Waals surface area contributed by atoms with Gasteiger partial charge in [0.15, 0.2) is 0 Å². The Morgan fingerprint density at radius 2 is 1.00 bits per heavy atom. The molecule has 0 aliphatic heterocycles. The third kappa shape index (κ3) is 3.56. The Bertz CT molecular complexity index is 551. The average molecular weight is 294 g/mol. The monoisotopic (exact) mass is 293 g/mol. The molecule has 0 amide bonds. The zero-order valence-corrected chi connectivity index (χ0v) is 11.2. The Morgan fingerprint density at radius 1 is 0.684 bits per heavy atom. The van der Waals surface area contributed by atoms with Crippen molar-refractivity contribution in [3.8, 4) is 0 Å². The first-order valence-electron chi connectivity index (χ1n) is 5.43. The fourth-order valence-electron chi connectivity index (χ4n) is 1.54. The molecule has 2 rings (SSSR count). The minimum Gasteiger partial charge on any atom is -0.356 e. The van der Waals surface area contributed by atoms with E-state index in [-0.39, 0.29) is 0 Å². The Hall–Kier alpha value is -1.84. The van der Waals surface area contributed by atoms with Crippen molar-refractivity contribution in [2.24, 2.45) is 0 Å². The van der Waals surface area contributed by atoms with Gasteiger partial charge in [0, 0.05) is 22.5 Å². The Kier molecular flexibility index (Phi) is 4.20. The molecule has 0 unspecified atom stereocenters. The Morgan fingerprint density at radius 3 is 1.26 bits per heavy atom. The van der Waals surface area contributed by atoms with Gasteiger partial charge in [-0.1, -0.05) is 0 Å². The fraction of sp³-hybridized carbons (Fsp3) is 0. The van der Waals surface area contributed by atoms with Gasteiger partial charge in [0.2, 0.25) is 0 Å². The van der Waals surface area contributed by atoms with Crippen LogP contribution in [0.3, 0.4) is 0 Å². The molecular formula is C14H9Cl2NO2. The van der Waals surface area contributed by atoms with Crippen LogP contribution in [0.15, 0.2) is 48.5 Å². The van der Waals surface area contributed by atoms with Crippen LogP contribution in [0, 0.1) is 0 Å². The minimum absolute atomic E-state index is 0.440. The second-order valence-electron chi connectivity index (χ2n) is 3.83. The van der Waals surface area contributed by atoms with E-state index in [1.54, 1.807) is 48.5 Å². The van der Waals surface area contributed by atoms with Crippen LogP contribution in [0.4, 0.5) is 11.4 Å². The lowest BCUT2D eigenvalue weighted by molar-refractivity contribution is 0.107. The maximum absolute atomic E-state index is 10.9. The van der Waals surface area contributed by atoms with Crippen LogP contribution in [-0.4, -0.2) is 10.5 Å². The predicted octanol–water partition coefficient (Wildman–Crippen LogP) is 4.19. The molecule has 2 aromatic carbocycles. The molecule has 96 valence electrons. The number of benzene rings is 2. The van der Waals surface area contributed by atoms with Gasteiger partial charge < -0.3 is 5.32 Å². The topological polar surface area (TPSA) is 46.2 Å². The van der Waals surface area contributed by atoms with E-state index in [1.807, 2.05) is 0 Å². The van der Waals surface area contributed by atoms with Gasteiger partial charge in [-0.05, 0) is 71.7 Å². The summed E-state index contributed by atoms with van der Waals surface area (Å²) in [5, 5.41) is 2.15. The number of nitrogens with one attached hydrogen (secondary N) is 1. The van der Waals surface area contributed by atoms with Crippen molar-refractivity contribution in [2.45, 2.75) is 0 Å². The van der Waals surface area contributed by atoms with E-state index in [9.17, 15) is 9.59 Å². The van der Waals surface area contributed by atoms with Gasteiger partial charge >= 0.3 is 0 Å². The standard InChI is InChI=1S/C14H9Cl2NO2/c15-13(18)9-1-5-11(6-2-9)17-12-7-3-10(4-8-12)14(16)19/h1-8,17H. The summed E-state index contributed by atoms with van der Waals surface area (Å²) < 4.78 is 0. The van der Waals surface area contributed by atoms with Crippen LogP contribution >= 0.6 is 23.2 Å². The molecule has 0 saturated carbocycles. The van der Waals surface area contributed by atoms with Gasteiger partial charge in [-0.3, -0.25) is 9.59 Å². The molecule has 19 heavy (non-hydrogen) atoms. The van der Waals surface area contributed by atoms with Crippen LogP contribution in [0.5, 0.6) is 0 Å². The van der Waals surface area contributed by atoms with E-state index in [1.165, 1.54) is 0 Å². The summed E-state index contributed by atoms with van der Waals surface area (Å²) in [6, 6.07) is 13.5. The Balaban J connectivity index is 2.12. The Labute approximate surface area is 120 Å². The summed E-state index contributed by atoms with van der Waals surface area (Å²) >= 11 is 10.7. The molecule has 0 radical (unpaired) electrons. The molecule has 1 N–H and O–H groups in total. The summed E-state index contributed by atoms with van der Waals surface area (Å²) in [6.07, 6.45) is 0. The number of rotatable bonds is 4. The van der Waals surface area contributed by atoms with Crippen LogP contribution < -0.4 is 5.32 Å². The average Bonchev–Trinajstić information content (AvgIpc) is 2.40. The van der Waals surface area contributed by atoms with Crippen molar-refractivity contribution >= 4 is 45.1 Å². The fourth-order valence-corrected chi connectivity index (χ4v) is 1.79. The highest BCUT2D eigenvalue weighted by Crippen LogP contribution is 2.18. The molecule has 0 spiro atoms. The molecule has 2 aromatic rings. The molecule has 0 fully saturated rings. The largest absolute Gasteiger partial charge is 0.356 e. The number of carbonyl (C=O) groups is 2. The highest BCUT2D eigenvalue weighted by atomic mass is 35.5. The van der Waals surface area contributed by atoms with Crippen molar-refractivity contribution in [3.05, 3.63) is 59.7 Å². The second-order valence-corrected chi connectivity index (χ2v) is 4.51. The number of hydrogen-bond acceptors (Lipinski definition) is 3. The van der Waals surface area contributed by atoms with Crippen molar-refractivity contribution in [1.82, 2.24) is 0 Å². The van der Waals surface area contributed by atoms with E-state index < -0.39 is 10.5 Å². The van der Waals surface area contributed by atoms with Gasteiger partial charge in [-0.2, -0.15) is 0 Å². The van der Waals surface area contributed by atoms with Gasteiger partial charge in [0.05, 0.1) is 0 Å². The normalized spacial score (nSPS) is 10.0. The lowest BCUT2D eigenvalue weighted by atomic mass is 10.2. The minimum atomic E-state index is -0.489. The molecule has 0 aliphatic carbocycles. The van der Waals surface area contributed by atoms with Crippen molar-refractivity contribution in [1.29, 1.82) is 0 Å². The highest BCUT2D eigenvalue weighted by molar-refractivity contribution is 6.68. The molecule has 0 aromatic heterocycles. The third-order valence-corrected chi connectivity index (χ3v) is 2.95. The van der Waals surface area contributed by atoms with Gasteiger partial charge in [0.25, 0.3) is 10.5 Å². The van der Waals surface area contributed by atoms with Crippen LogP contribution in [0.25, 0.3) is 0 Å². The van der Waals surface area contributed by atoms with Crippen molar-refractivity contribution in [2.75, 3.05) is 5.32 Å². The summed E-state index contributed by atoms with van der Waals surface area (Å²) in [7, 11) is 0. The number of halogens is 2. The lowest BCUT2D eigenvalue weighted by Crippen LogP contribution is -1.94. The van der Waals surface area contributed by atoms with E-state index in [4.69, 9.17) is 23.2 Å². The molecule has 0 atom stereocenters. The van der Waals surface area contributed by atoms with Crippen LogP contribution in [-0.2, 0) is 0 Å². The maximum Gasteiger partial charge on any atom is 0.252 e. The summed E-state index contributed by atoms with van der Waals surface area (Å²) in [5.74, 6) is 0. The maximum atomic E-state index is 10.9. The molecule has 0 bridgehead atoms. The number of carbonyl (C=O) groups excluding carboxylic acids is 2. The first kappa shape index (κ1) is 13.6. The lowest BCUT2D eigenvalue weighted by Gasteiger charge is -2.07. The molecule has 3 nitrogen and oxygen atoms in total. The molecule has 5 heteroatoms. The van der Waals surface area contributed by atoms with Crippen molar-refractivity contribution < 1.29 is 9.59 Å². The van der Waals surface area contributed by atoms with Gasteiger partial charge in [-0.25, -0.2) is 0 Å². The van der Waals surface area contributed by atoms with Crippen LogP contribution in [0.1, 0.15) is 20.7 Å². The summed E-state index contributed by atoms with van der Waals surface area (Å²) in [4.78, 5) is 21.8. The van der Waals surface area contributed by atoms with E-state index >= 15 is 0 Å². The van der Waals surface area contributed by atoms with Crippen molar-refractivity contribution in [3.63, 3.8) is 0 Å². The summed E-state index contributed by atoms with van der Waals surface area (Å²) in [5.41, 5.74) is 2.50. The predicted molar refractivity (Wildman–Crippen MR) is 76.5 cm³/mol. The first-order chi connectivity index (χ1) is 9.06. The van der Waals surface area contributed by atoms with E-state index in [2.05, 4.69) is 5.32 Å². The SMILES string of the molecule is O=C(Cl)c1ccc(Nc2ccc(C(=O)Cl)cc2)cc1. The van der Waals surface area contributed by atoms with E-state index in [0.29, 0.717) is 11.1 Å². The number of hydrogen-bond donors (Lipinski definition) is 1. The number of anilines is 2. The zero-order valence-electron chi connectivity index (χ0n) is 9.69. The van der Waals surface area contributed by atoms with Gasteiger partial charge in [-0.15, -0.1) is 0 Å².